The molecule has 0 aromatic heterocycles. The van der Waals surface area contributed by atoms with Gasteiger partial charge in [-0.3, -0.25) is 14.4 Å². The highest BCUT2D eigenvalue weighted by Crippen LogP contribution is 2.35. The third-order valence-electron chi connectivity index (χ3n) is 3.82. The minimum Gasteiger partial charge on any atom is -0.480 e. The Bertz CT molecular complexity index is 595. The Balaban J connectivity index is 2.12. The predicted molar refractivity (Wildman–Crippen MR) is 75.2 cm³/mol. The standard InChI is InChI=1S/C14H17N3O5/c15-8-4-2-6-1-3-7(11(6)12(8)19)13(20)17-9(14(21)22)5-10(16)18/h1-3,7-9,11H,4-5,15H2,(H2,16,18)(H,17,20)(H,21,22). The Kier molecular flexibility index (Phi) is 4.41. The van der Waals surface area contributed by atoms with E-state index in [2.05, 4.69) is 5.32 Å². The van der Waals surface area contributed by atoms with Crippen molar-refractivity contribution in [3.63, 3.8) is 0 Å². The van der Waals surface area contributed by atoms with E-state index in [1.807, 2.05) is 0 Å². The summed E-state index contributed by atoms with van der Waals surface area (Å²) in [5, 5.41) is 11.2. The molecule has 2 aliphatic rings. The van der Waals surface area contributed by atoms with Gasteiger partial charge in [0.15, 0.2) is 5.78 Å². The van der Waals surface area contributed by atoms with Crippen LogP contribution in [0.3, 0.4) is 0 Å². The average molecular weight is 307 g/mol. The number of rotatable bonds is 5. The quantitative estimate of drug-likeness (QED) is 0.483. The van der Waals surface area contributed by atoms with Gasteiger partial charge in [0.1, 0.15) is 6.04 Å². The lowest BCUT2D eigenvalue weighted by atomic mass is 9.80. The van der Waals surface area contributed by atoms with Gasteiger partial charge in [-0.15, -0.1) is 0 Å². The smallest absolute Gasteiger partial charge is 0.326 e. The summed E-state index contributed by atoms with van der Waals surface area (Å²) in [7, 11) is 0. The summed E-state index contributed by atoms with van der Waals surface area (Å²) in [6, 6.07) is -2.08. The molecule has 2 amide bonds. The number of primary amides is 1. The number of ketones is 1. The largest absolute Gasteiger partial charge is 0.480 e. The fourth-order valence-corrected chi connectivity index (χ4v) is 2.69. The number of amides is 2. The number of hydrogen-bond acceptors (Lipinski definition) is 5. The van der Waals surface area contributed by atoms with Crippen LogP contribution in [0.5, 0.6) is 0 Å². The molecule has 0 saturated heterocycles. The number of carbonyl (C=O) groups is 4. The second kappa shape index (κ2) is 6.10. The number of aliphatic carboxylic acids is 1. The van der Waals surface area contributed by atoms with Crippen LogP contribution in [0.25, 0.3) is 0 Å². The molecule has 0 aromatic carbocycles. The Labute approximate surface area is 126 Å². The molecule has 0 radical (unpaired) electrons. The number of nitrogens with two attached hydrogens (primary N) is 2. The number of fused-ring (bicyclic) bond motifs is 1. The normalized spacial score (nSPS) is 27.8. The summed E-state index contributed by atoms with van der Waals surface area (Å²) in [6.45, 7) is 0. The molecule has 2 aliphatic carbocycles. The number of nitrogens with one attached hydrogen (secondary N) is 1. The molecule has 6 N–H and O–H groups in total. The van der Waals surface area contributed by atoms with Crippen molar-refractivity contribution in [3.05, 3.63) is 23.8 Å². The molecule has 8 heteroatoms. The molecule has 118 valence electrons. The van der Waals surface area contributed by atoms with Crippen LogP contribution in [-0.2, 0) is 19.2 Å². The van der Waals surface area contributed by atoms with E-state index in [9.17, 15) is 19.2 Å². The van der Waals surface area contributed by atoms with Gasteiger partial charge >= 0.3 is 5.97 Å². The van der Waals surface area contributed by atoms with Crippen molar-refractivity contribution >= 4 is 23.6 Å². The van der Waals surface area contributed by atoms with Crippen molar-refractivity contribution < 1.29 is 24.3 Å². The fourth-order valence-electron chi connectivity index (χ4n) is 2.69. The van der Waals surface area contributed by atoms with Crippen molar-refractivity contribution in [3.8, 4) is 0 Å². The maximum Gasteiger partial charge on any atom is 0.326 e. The van der Waals surface area contributed by atoms with E-state index in [4.69, 9.17) is 16.6 Å². The third kappa shape index (κ3) is 3.06. The first-order chi connectivity index (χ1) is 10.3. The van der Waals surface area contributed by atoms with Crippen molar-refractivity contribution in [2.24, 2.45) is 23.3 Å². The molecule has 0 spiro atoms. The van der Waals surface area contributed by atoms with Crippen LogP contribution in [0, 0.1) is 11.8 Å². The minimum absolute atomic E-state index is 0.246. The zero-order chi connectivity index (χ0) is 16.4. The second-order valence-electron chi connectivity index (χ2n) is 5.38. The van der Waals surface area contributed by atoms with E-state index in [1.54, 1.807) is 18.2 Å². The average Bonchev–Trinajstić information content (AvgIpc) is 2.86. The maximum absolute atomic E-state index is 12.3. The van der Waals surface area contributed by atoms with Crippen molar-refractivity contribution in [2.45, 2.75) is 24.9 Å². The Morgan fingerprint density at radius 2 is 2.09 bits per heavy atom. The summed E-state index contributed by atoms with van der Waals surface area (Å²) in [6.07, 6.45) is 4.92. The van der Waals surface area contributed by atoms with Gasteiger partial charge in [0.25, 0.3) is 0 Å². The van der Waals surface area contributed by atoms with Crippen molar-refractivity contribution in [2.75, 3.05) is 0 Å². The molecular formula is C14H17N3O5. The molecule has 0 aromatic rings. The molecule has 0 bridgehead atoms. The van der Waals surface area contributed by atoms with Gasteiger partial charge < -0.3 is 21.9 Å². The lowest BCUT2D eigenvalue weighted by Crippen LogP contribution is -2.49. The van der Waals surface area contributed by atoms with Crippen LogP contribution in [0.4, 0.5) is 0 Å². The summed E-state index contributed by atoms with van der Waals surface area (Å²) in [5.74, 6) is -4.60. The molecule has 0 aliphatic heterocycles. The van der Waals surface area contributed by atoms with Crippen LogP contribution in [0.1, 0.15) is 12.8 Å². The highest BCUT2D eigenvalue weighted by atomic mass is 16.4. The number of allylic oxidation sites excluding steroid dienone is 2. The van der Waals surface area contributed by atoms with Crippen LogP contribution in [0.15, 0.2) is 23.8 Å². The van der Waals surface area contributed by atoms with Gasteiger partial charge in [0.05, 0.1) is 24.3 Å². The molecule has 2 rings (SSSR count). The van der Waals surface area contributed by atoms with E-state index >= 15 is 0 Å². The van der Waals surface area contributed by atoms with Gasteiger partial charge in [-0.05, 0) is 12.0 Å². The second-order valence-corrected chi connectivity index (χ2v) is 5.38. The van der Waals surface area contributed by atoms with Gasteiger partial charge in [-0.25, -0.2) is 4.79 Å². The van der Waals surface area contributed by atoms with E-state index in [1.165, 1.54) is 0 Å². The zero-order valence-corrected chi connectivity index (χ0v) is 11.7. The topological polar surface area (TPSA) is 153 Å². The summed E-state index contributed by atoms with van der Waals surface area (Å²) >= 11 is 0. The van der Waals surface area contributed by atoms with Crippen molar-refractivity contribution in [1.29, 1.82) is 0 Å². The molecule has 4 unspecified atom stereocenters. The number of carboxylic acid groups (broad SMARTS) is 1. The Hall–Kier alpha value is -2.48. The molecular weight excluding hydrogens is 290 g/mol. The van der Waals surface area contributed by atoms with Gasteiger partial charge in [-0.1, -0.05) is 18.2 Å². The highest BCUT2D eigenvalue weighted by Gasteiger charge is 2.42. The number of carbonyl (C=O) groups excluding carboxylic acids is 3. The van der Waals surface area contributed by atoms with Crippen LogP contribution in [-0.4, -0.2) is 40.8 Å². The fraction of sp³-hybridized carbons (Fsp3) is 0.429. The molecule has 4 atom stereocenters. The van der Waals surface area contributed by atoms with Crippen LogP contribution >= 0.6 is 0 Å². The first-order valence-electron chi connectivity index (χ1n) is 6.80. The van der Waals surface area contributed by atoms with E-state index in [-0.39, 0.29) is 5.78 Å². The lowest BCUT2D eigenvalue weighted by molar-refractivity contribution is -0.144. The predicted octanol–water partition coefficient (Wildman–Crippen LogP) is -1.54. The van der Waals surface area contributed by atoms with Gasteiger partial charge in [0.2, 0.25) is 11.8 Å². The Morgan fingerprint density at radius 3 is 2.68 bits per heavy atom. The molecule has 0 fully saturated rings. The third-order valence-corrected chi connectivity index (χ3v) is 3.82. The minimum atomic E-state index is -1.42. The highest BCUT2D eigenvalue weighted by molar-refractivity contribution is 5.98. The lowest BCUT2D eigenvalue weighted by Gasteiger charge is -2.26. The summed E-state index contributed by atoms with van der Waals surface area (Å²) in [4.78, 5) is 46.3. The van der Waals surface area contributed by atoms with Crippen LogP contribution < -0.4 is 16.8 Å². The summed E-state index contributed by atoms with van der Waals surface area (Å²) in [5.41, 5.74) is 11.4. The van der Waals surface area contributed by atoms with Crippen molar-refractivity contribution in [1.82, 2.24) is 5.32 Å². The molecule has 22 heavy (non-hydrogen) atoms. The van der Waals surface area contributed by atoms with E-state index < -0.39 is 48.1 Å². The molecule has 8 nitrogen and oxygen atoms in total. The molecule has 0 saturated carbocycles. The maximum atomic E-state index is 12.3. The van der Waals surface area contributed by atoms with Gasteiger partial charge in [-0.2, -0.15) is 0 Å². The number of hydrogen-bond donors (Lipinski definition) is 4. The van der Waals surface area contributed by atoms with Gasteiger partial charge in [0, 0.05) is 0 Å². The number of carboxylic acids is 1. The first kappa shape index (κ1) is 15.9. The zero-order valence-electron chi connectivity index (χ0n) is 11.7. The van der Waals surface area contributed by atoms with Crippen LogP contribution in [0.2, 0.25) is 0 Å². The Morgan fingerprint density at radius 1 is 1.41 bits per heavy atom. The first-order valence-corrected chi connectivity index (χ1v) is 6.80. The van der Waals surface area contributed by atoms with E-state index in [0.29, 0.717) is 12.0 Å². The monoisotopic (exact) mass is 307 g/mol. The summed E-state index contributed by atoms with van der Waals surface area (Å²) < 4.78 is 0. The van der Waals surface area contributed by atoms with E-state index in [0.717, 1.165) is 0 Å². The molecule has 0 heterocycles. The number of Topliss-reactive ketones (excluding diaryl/α,β-unsaturated/α-hetero) is 1. The SMILES string of the molecule is NC(=O)CC(NC(=O)C1C=CC2=CCC(N)C(=O)C21)C(=O)O.